The van der Waals surface area contributed by atoms with E-state index in [4.69, 9.17) is 18.5 Å². The summed E-state index contributed by atoms with van der Waals surface area (Å²) in [6.07, 6.45) is 0. The highest BCUT2D eigenvalue weighted by Gasteiger charge is 2.51. The predicted molar refractivity (Wildman–Crippen MR) is 98.3 cm³/mol. The van der Waals surface area contributed by atoms with Crippen molar-refractivity contribution in [1.29, 1.82) is 0 Å². The van der Waals surface area contributed by atoms with E-state index < -0.39 is 7.12 Å². The van der Waals surface area contributed by atoms with Gasteiger partial charge in [0.1, 0.15) is 11.5 Å². The molecule has 3 rings (SSSR count). The van der Waals surface area contributed by atoms with E-state index in [0.29, 0.717) is 12.5 Å². The van der Waals surface area contributed by atoms with Crippen LogP contribution in [0.5, 0.6) is 5.75 Å². The van der Waals surface area contributed by atoms with Gasteiger partial charge >= 0.3 is 7.12 Å². The highest BCUT2D eigenvalue weighted by atomic mass is 16.7. The predicted octanol–water partition coefficient (Wildman–Crippen LogP) is 3.66. The van der Waals surface area contributed by atoms with E-state index in [1.165, 1.54) is 0 Å². The minimum atomic E-state index is -0.425. The number of nitrogens with zero attached hydrogens (tertiary/aromatic N) is 1. The van der Waals surface area contributed by atoms with Crippen LogP contribution in [0.2, 0.25) is 0 Å². The van der Waals surface area contributed by atoms with Gasteiger partial charge < -0.3 is 18.5 Å². The van der Waals surface area contributed by atoms with Gasteiger partial charge in [-0.3, -0.25) is 0 Å². The third-order valence-electron chi connectivity index (χ3n) is 5.09. The number of oxazole rings is 1. The molecule has 1 fully saturated rings. The number of aryl methyl sites for hydroxylation is 2. The zero-order valence-electron chi connectivity index (χ0n) is 16.1. The topological polar surface area (TPSA) is 53.7 Å². The van der Waals surface area contributed by atoms with Crippen molar-refractivity contribution in [3.05, 3.63) is 29.7 Å². The van der Waals surface area contributed by atoms with Gasteiger partial charge in [0.25, 0.3) is 0 Å². The monoisotopic (exact) mass is 343 g/mol. The lowest BCUT2D eigenvalue weighted by Gasteiger charge is -2.32. The molecule has 0 radical (unpaired) electrons. The van der Waals surface area contributed by atoms with Crippen LogP contribution in [-0.2, 0) is 9.31 Å². The maximum Gasteiger partial charge on any atom is 0.494 e. The highest BCUT2D eigenvalue weighted by Crippen LogP contribution is 2.37. The van der Waals surface area contributed by atoms with Gasteiger partial charge in [-0.05, 0) is 66.1 Å². The molecule has 0 N–H and O–H groups in total. The van der Waals surface area contributed by atoms with E-state index in [9.17, 15) is 0 Å². The van der Waals surface area contributed by atoms with E-state index in [-0.39, 0.29) is 11.2 Å². The molecule has 1 aliphatic rings. The van der Waals surface area contributed by atoms with Gasteiger partial charge in [-0.1, -0.05) is 6.07 Å². The number of hydrogen-bond donors (Lipinski definition) is 0. The second kappa shape index (κ2) is 6.18. The molecular weight excluding hydrogens is 317 g/mol. The van der Waals surface area contributed by atoms with E-state index >= 15 is 0 Å². The maximum atomic E-state index is 6.14. The van der Waals surface area contributed by atoms with Crippen molar-refractivity contribution in [2.75, 3.05) is 6.61 Å². The lowest BCUT2D eigenvalue weighted by atomic mass is 9.78. The molecule has 0 bridgehead atoms. The second-order valence-electron chi connectivity index (χ2n) is 7.44. The summed E-state index contributed by atoms with van der Waals surface area (Å²) in [5.74, 6) is 2.10. The Hall–Kier alpha value is -1.79. The van der Waals surface area contributed by atoms with Crippen molar-refractivity contribution in [2.24, 2.45) is 0 Å². The molecular formula is C19H26BNO4. The van der Waals surface area contributed by atoms with Crippen molar-refractivity contribution >= 4 is 12.6 Å². The van der Waals surface area contributed by atoms with Crippen LogP contribution in [0.3, 0.4) is 0 Å². The third-order valence-corrected chi connectivity index (χ3v) is 5.09. The van der Waals surface area contributed by atoms with Gasteiger partial charge in [0.05, 0.1) is 29.1 Å². The normalized spacial score (nSPS) is 18.6. The molecule has 0 unspecified atom stereocenters. The molecule has 134 valence electrons. The summed E-state index contributed by atoms with van der Waals surface area (Å²) in [6, 6.07) is 5.89. The fraction of sp³-hybridized carbons (Fsp3) is 0.526. The molecule has 2 aromatic rings. The van der Waals surface area contributed by atoms with Crippen molar-refractivity contribution in [3.63, 3.8) is 0 Å². The fourth-order valence-corrected chi connectivity index (χ4v) is 2.70. The molecule has 0 aliphatic carbocycles. The molecule has 1 saturated heterocycles. The van der Waals surface area contributed by atoms with Gasteiger partial charge in [0.15, 0.2) is 0 Å². The lowest BCUT2D eigenvalue weighted by molar-refractivity contribution is 0.00578. The Kier molecular flexibility index (Phi) is 4.46. The van der Waals surface area contributed by atoms with Gasteiger partial charge in [-0.2, -0.15) is 0 Å². The van der Waals surface area contributed by atoms with Crippen LogP contribution >= 0.6 is 0 Å². The SMILES string of the molecule is CCOc1cc(B2OC(C)(C)C(C)(C)O2)ccc1-c1nc(C)c(C)o1. The van der Waals surface area contributed by atoms with E-state index in [1.54, 1.807) is 0 Å². The summed E-state index contributed by atoms with van der Waals surface area (Å²) in [4.78, 5) is 4.49. The summed E-state index contributed by atoms with van der Waals surface area (Å²) < 4.78 is 23.9. The van der Waals surface area contributed by atoms with Gasteiger partial charge in [-0.15, -0.1) is 0 Å². The van der Waals surface area contributed by atoms with Crippen LogP contribution < -0.4 is 10.2 Å². The molecule has 0 atom stereocenters. The van der Waals surface area contributed by atoms with Crippen LogP contribution in [0, 0.1) is 13.8 Å². The first-order valence-electron chi connectivity index (χ1n) is 8.71. The van der Waals surface area contributed by atoms with E-state index in [0.717, 1.165) is 28.2 Å². The van der Waals surface area contributed by atoms with Gasteiger partial charge in [0.2, 0.25) is 5.89 Å². The second-order valence-corrected chi connectivity index (χ2v) is 7.44. The van der Waals surface area contributed by atoms with Crippen LogP contribution in [0.4, 0.5) is 0 Å². The van der Waals surface area contributed by atoms with Crippen LogP contribution in [0.25, 0.3) is 11.5 Å². The van der Waals surface area contributed by atoms with Crippen molar-refractivity contribution < 1.29 is 18.5 Å². The lowest BCUT2D eigenvalue weighted by Crippen LogP contribution is -2.41. The van der Waals surface area contributed by atoms with E-state index in [2.05, 4.69) is 4.98 Å². The zero-order chi connectivity index (χ0) is 18.4. The first-order chi connectivity index (χ1) is 11.6. The van der Waals surface area contributed by atoms with Crippen LogP contribution in [0.1, 0.15) is 46.1 Å². The Balaban J connectivity index is 1.97. The van der Waals surface area contributed by atoms with Crippen molar-refractivity contribution in [2.45, 2.75) is 59.7 Å². The third kappa shape index (κ3) is 3.21. The molecule has 0 spiro atoms. The van der Waals surface area contributed by atoms with Gasteiger partial charge in [0, 0.05) is 0 Å². The number of rotatable bonds is 4. The molecule has 2 heterocycles. The number of aromatic nitrogens is 1. The molecule has 1 aromatic heterocycles. The summed E-state index contributed by atoms with van der Waals surface area (Å²) in [6.45, 7) is 14.5. The van der Waals surface area contributed by atoms with Gasteiger partial charge in [-0.25, -0.2) is 4.98 Å². The summed E-state index contributed by atoms with van der Waals surface area (Å²) in [5, 5.41) is 0. The first kappa shape index (κ1) is 18.0. The molecule has 1 aromatic carbocycles. The quantitative estimate of drug-likeness (QED) is 0.793. The summed E-state index contributed by atoms with van der Waals surface area (Å²) in [5.41, 5.74) is 1.88. The molecule has 25 heavy (non-hydrogen) atoms. The minimum Gasteiger partial charge on any atom is -0.493 e. The molecule has 5 nitrogen and oxygen atoms in total. The number of ether oxygens (including phenoxy) is 1. The molecule has 1 aliphatic heterocycles. The number of benzene rings is 1. The van der Waals surface area contributed by atoms with Crippen molar-refractivity contribution in [1.82, 2.24) is 4.98 Å². The number of hydrogen-bond acceptors (Lipinski definition) is 5. The first-order valence-corrected chi connectivity index (χ1v) is 8.71. The average Bonchev–Trinajstić information content (AvgIpc) is 2.96. The van der Waals surface area contributed by atoms with E-state index in [1.807, 2.05) is 66.7 Å². The maximum absolute atomic E-state index is 6.14. The Bertz CT molecular complexity index is 746. The summed E-state index contributed by atoms with van der Waals surface area (Å²) >= 11 is 0. The van der Waals surface area contributed by atoms with Crippen molar-refractivity contribution in [3.8, 4) is 17.2 Å². The highest BCUT2D eigenvalue weighted by molar-refractivity contribution is 6.62. The Morgan fingerprint density at radius 1 is 1.08 bits per heavy atom. The van der Waals surface area contributed by atoms with Crippen LogP contribution in [-0.4, -0.2) is 29.9 Å². The Morgan fingerprint density at radius 3 is 2.24 bits per heavy atom. The summed E-state index contributed by atoms with van der Waals surface area (Å²) in [7, 11) is -0.425. The molecule has 0 saturated carbocycles. The largest absolute Gasteiger partial charge is 0.494 e. The van der Waals surface area contributed by atoms with Crippen LogP contribution in [0.15, 0.2) is 22.6 Å². The molecule has 6 heteroatoms. The fourth-order valence-electron chi connectivity index (χ4n) is 2.70. The minimum absolute atomic E-state index is 0.376. The average molecular weight is 343 g/mol. The Morgan fingerprint density at radius 2 is 1.72 bits per heavy atom. The smallest absolute Gasteiger partial charge is 0.493 e. The standard InChI is InChI=1S/C19H26BNO4/c1-8-22-16-11-14(20-24-18(4,5)19(6,7)25-20)9-10-15(16)17-21-12(2)13(3)23-17/h9-11H,8H2,1-7H3. The Labute approximate surface area is 149 Å². The molecule has 0 amide bonds. The zero-order valence-corrected chi connectivity index (χ0v) is 16.1.